The summed E-state index contributed by atoms with van der Waals surface area (Å²) >= 11 is 0. The Balaban J connectivity index is 2.16. The topological polar surface area (TPSA) is 73.0 Å². The van der Waals surface area contributed by atoms with E-state index in [1.165, 1.54) is 6.39 Å². The van der Waals surface area contributed by atoms with Crippen LogP contribution < -0.4 is 5.32 Å². The van der Waals surface area contributed by atoms with Gasteiger partial charge in [-0.3, -0.25) is 4.79 Å². The summed E-state index contributed by atoms with van der Waals surface area (Å²) in [5.41, 5.74) is 0.364. The van der Waals surface area contributed by atoms with Gasteiger partial charge >= 0.3 is 0 Å². The first-order valence-electron chi connectivity index (χ1n) is 6.87. The number of hydrogen-bond acceptors (Lipinski definition) is 4. The third kappa shape index (κ3) is 2.89. The van der Waals surface area contributed by atoms with Gasteiger partial charge in [0, 0.05) is 25.9 Å². The maximum Gasteiger partial charge on any atom is 0.274 e. The van der Waals surface area contributed by atoms with E-state index in [1.807, 2.05) is 24.7 Å². The monoisotopic (exact) mass is 276 g/mol. The molecule has 0 aliphatic carbocycles. The molecule has 0 saturated carbocycles. The minimum atomic E-state index is -0.211. The number of nitrogens with one attached hydrogen (secondary N) is 1. The molecule has 2 aromatic rings. The van der Waals surface area contributed by atoms with Crippen molar-refractivity contribution in [3.63, 3.8) is 0 Å². The molecule has 6 nitrogen and oxygen atoms in total. The van der Waals surface area contributed by atoms with Gasteiger partial charge in [0.2, 0.25) is 0 Å². The van der Waals surface area contributed by atoms with Crippen molar-refractivity contribution in [2.75, 3.05) is 0 Å². The maximum absolute atomic E-state index is 12.3. The van der Waals surface area contributed by atoms with E-state index in [1.54, 1.807) is 6.20 Å². The van der Waals surface area contributed by atoms with Crippen LogP contribution in [0.4, 0.5) is 0 Å². The van der Waals surface area contributed by atoms with Gasteiger partial charge in [-0.25, -0.2) is 9.97 Å². The molecule has 1 atom stereocenters. The van der Waals surface area contributed by atoms with E-state index in [2.05, 4.69) is 22.2 Å². The fourth-order valence-electron chi connectivity index (χ4n) is 2.20. The number of aryl methyl sites for hydroxylation is 2. The van der Waals surface area contributed by atoms with Crippen molar-refractivity contribution in [2.45, 2.75) is 39.2 Å². The van der Waals surface area contributed by atoms with Crippen LogP contribution in [0.1, 0.15) is 54.8 Å². The molecule has 0 aliphatic rings. The van der Waals surface area contributed by atoms with Gasteiger partial charge in [-0.1, -0.05) is 20.3 Å². The van der Waals surface area contributed by atoms with Crippen LogP contribution in [0.15, 0.2) is 23.2 Å². The van der Waals surface area contributed by atoms with Crippen molar-refractivity contribution in [3.05, 3.63) is 36.1 Å². The number of aromatic nitrogens is 3. The quantitative estimate of drug-likeness (QED) is 0.878. The Labute approximate surface area is 118 Å². The van der Waals surface area contributed by atoms with Gasteiger partial charge in [-0.05, 0) is 6.42 Å². The normalized spacial score (nSPS) is 12.3. The molecular formula is C14H20N4O2. The van der Waals surface area contributed by atoms with Crippen molar-refractivity contribution in [1.82, 2.24) is 19.9 Å². The molecule has 0 unspecified atom stereocenters. The summed E-state index contributed by atoms with van der Waals surface area (Å²) in [4.78, 5) is 20.6. The molecule has 1 amide bonds. The SMILES string of the molecule is CCC[C@H](NC(=O)c1ncoc1CC)c1nccn1C. The zero-order valence-corrected chi connectivity index (χ0v) is 12.1. The van der Waals surface area contributed by atoms with E-state index in [0.717, 1.165) is 18.7 Å². The Hall–Kier alpha value is -2.11. The van der Waals surface area contributed by atoms with Crippen LogP contribution in [-0.2, 0) is 13.5 Å². The molecule has 0 aromatic carbocycles. The van der Waals surface area contributed by atoms with Crippen LogP contribution in [0.25, 0.3) is 0 Å². The third-order valence-corrected chi connectivity index (χ3v) is 3.23. The number of rotatable bonds is 6. The summed E-state index contributed by atoms with van der Waals surface area (Å²) in [6.45, 7) is 4.01. The molecule has 0 radical (unpaired) electrons. The molecule has 0 fully saturated rings. The average molecular weight is 276 g/mol. The predicted octanol–water partition coefficient (Wildman–Crippen LogP) is 2.24. The Kier molecular flexibility index (Phi) is 4.55. The van der Waals surface area contributed by atoms with Crippen LogP contribution in [0.5, 0.6) is 0 Å². The molecule has 0 aliphatic heterocycles. The first kappa shape index (κ1) is 14.3. The second-order valence-corrected chi connectivity index (χ2v) is 4.69. The predicted molar refractivity (Wildman–Crippen MR) is 74.2 cm³/mol. The summed E-state index contributed by atoms with van der Waals surface area (Å²) in [5, 5.41) is 2.99. The van der Waals surface area contributed by atoms with Crippen molar-refractivity contribution >= 4 is 5.91 Å². The number of carbonyl (C=O) groups is 1. The van der Waals surface area contributed by atoms with Gasteiger partial charge < -0.3 is 14.3 Å². The largest absolute Gasteiger partial charge is 0.448 e. The smallest absolute Gasteiger partial charge is 0.274 e. The molecule has 0 saturated heterocycles. The summed E-state index contributed by atoms with van der Waals surface area (Å²) < 4.78 is 7.12. The molecule has 1 N–H and O–H groups in total. The molecule has 108 valence electrons. The van der Waals surface area contributed by atoms with Gasteiger partial charge in [0.15, 0.2) is 12.1 Å². The van der Waals surface area contributed by atoms with E-state index < -0.39 is 0 Å². The fourth-order valence-corrected chi connectivity index (χ4v) is 2.20. The highest BCUT2D eigenvalue weighted by molar-refractivity contribution is 5.93. The van der Waals surface area contributed by atoms with Crippen LogP contribution in [0, 0.1) is 0 Å². The lowest BCUT2D eigenvalue weighted by Crippen LogP contribution is -2.31. The number of oxazole rings is 1. The lowest BCUT2D eigenvalue weighted by atomic mass is 10.1. The number of carbonyl (C=O) groups excluding carboxylic acids is 1. The summed E-state index contributed by atoms with van der Waals surface area (Å²) in [6.07, 6.45) is 7.34. The lowest BCUT2D eigenvalue weighted by molar-refractivity contribution is 0.0925. The zero-order chi connectivity index (χ0) is 14.5. The standard InChI is InChI=1S/C14H20N4O2/c1-4-6-10(13-15-7-8-18(13)3)17-14(19)12-11(5-2)20-9-16-12/h7-10H,4-6H2,1-3H3,(H,17,19)/t10-/m0/s1. The van der Waals surface area contributed by atoms with E-state index in [9.17, 15) is 4.79 Å². The van der Waals surface area contributed by atoms with E-state index in [4.69, 9.17) is 4.42 Å². The number of imidazole rings is 1. The van der Waals surface area contributed by atoms with Crippen molar-refractivity contribution in [2.24, 2.45) is 7.05 Å². The summed E-state index contributed by atoms with van der Waals surface area (Å²) in [5.74, 6) is 1.25. The van der Waals surface area contributed by atoms with Crippen molar-refractivity contribution < 1.29 is 9.21 Å². The molecule has 2 rings (SSSR count). The minimum Gasteiger partial charge on any atom is -0.448 e. The first-order chi connectivity index (χ1) is 9.67. The van der Waals surface area contributed by atoms with E-state index in [0.29, 0.717) is 17.9 Å². The molecule has 2 aromatic heterocycles. The van der Waals surface area contributed by atoms with Crippen LogP contribution in [-0.4, -0.2) is 20.4 Å². The number of hydrogen-bond donors (Lipinski definition) is 1. The summed E-state index contributed by atoms with van der Waals surface area (Å²) in [7, 11) is 1.92. The first-order valence-corrected chi connectivity index (χ1v) is 6.87. The van der Waals surface area contributed by atoms with Gasteiger partial charge in [-0.2, -0.15) is 0 Å². The highest BCUT2D eigenvalue weighted by Crippen LogP contribution is 2.17. The van der Waals surface area contributed by atoms with Gasteiger partial charge in [0.05, 0.1) is 6.04 Å². The Morgan fingerprint density at radius 1 is 1.45 bits per heavy atom. The van der Waals surface area contributed by atoms with Gasteiger partial charge in [-0.15, -0.1) is 0 Å². The molecular weight excluding hydrogens is 256 g/mol. The average Bonchev–Trinajstić information content (AvgIpc) is 3.06. The molecule has 6 heteroatoms. The molecule has 20 heavy (non-hydrogen) atoms. The van der Waals surface area contributed by atoms with Crippen LogP contribution in [0.2, 0.25) is 0 Å². The summed E-state index contributed by atoms with van der Waals surface area (Å²) in [6, 6.07) is -0.117. The Morgan fingerprint density at radius 3 is 2.85 bits per heavy atom. The molecule has 2 heterocycles. The highest BCUT2D eigenvalue weighted by Gasteiger charge is 2.22. The molecule has 0 bridgehead atoms. The third-order valence-electron chi connectivity index (χ3n) is 3.23. The number of amides is 1. The Morgan fingerprint density at radius 2 is 2.25 bits per heavy atom. The minimum absolute atomic E-state index is 0.117. The van der Waals surface area contributed by atoms with E-state index in [-0.39, 0.29) is 11.9 Å². The lowest BCUT2D eigenvalue weighted by Gasteiger charge is -2.17. The fraction of sp³-hybridized carbons (Fsp3) is 0.500. The second kappa shape index (κ2) is 6.36. The van der Waals surface area contributed by atoms with Crippen molar-refractivity contribution in [1.29, 1.82) is 0 Å². The van der Waals surface area contributed by atoms with E-state index >= 15 is 0 Å². The maximum atomic E-state index is 12.3. The molecule has 0 spiro atoms. The Bertz CT molecular complexity index is 573. The van der Waals surface area contributed by atoms with Gasteiger partial charge in [0.25, 0.3) is 5.91 Å². The number of nitrogens with zero attached hydrogens (tertiary/aromatic N) is 3. The highest BCUT2D eigenvalue weighted by atomic mass is 16.3. The van der Waals surface area contributed by atoms with Crippen LogP contribution in [0.3, 0.4) is 0 Å². The second-order valence-electron chi connectivity index (χ2n) is 4.69. The van der Waals surface area contributed by atoms with Crippen LogP contribution >= 0.6 is 0 Å². The van der Waals surface area contributed by atoms with Crippen molar-refractivity contribution in [3.8, 4) is 0 Å². The van der Waals surface area contributed by atoms with Gasteiger partial charge in [0.1, 0.15) is 11.6 Å². The zero-order valence-electron chi connectivity index (χ0n) is 12.1.